The number of ether oxygens (including phenoxy) is 1. The molecule has 1 heterocycles. The van der Waals surface area contributed by atoms with Gasteiger partial charge in [-0.05, 0) is 6.92 Å². The Morgan fingerprint density at radius 3 is 2.75 bits per heavy atom. The smallest absolute Gasteiger partial charge is 0.243 e. The molecule has 0 saturated carbocycles. The quantitative estimate of drug-likeness (QED) is 0.478. The molecule has 70 valence electrons. The SMILES string of the molecule is CCn1cc[n+](CCOC)c1.[Cl-]. The summed E-state index contributed by atoms with van der Waals surface area (Å²) in [4.78, 5) is 0. The van der Waals surface area contributed by atoms with Crippen molar-refractivity contribution in [3.8, 4) is 0 Å². The second kappa shape index (κ2) is 6.03. The van der Waals surface area contributed by atoms with Gasteiger partial charge in [0, 0.05) is 7.11 Å². The first kappa shape index (κ1) is 11.5. The van der Waals surface area contributed by atoms with Crippen LogP contribution in [-0.4, -0.2) is 18.3 Å². The minimum Gasteiger partial charge on any atom is -1.00 e. The van der Waals surface area contributed by atoms with Crippen molar-refractivity contribution in [3.63, 3.8) is 0 Å². The minimum absolute atomic E-state index is 0. The van der Waals surface area contributed by atoms with E-state index in [2.05, 4.69) is 34.8 Å². The molecule has 0 bridgehead atoms. The molecule has 0 aliphatic rings. The van der Waals surface area contributed by atoms with Crippen molar-refractivity contribution in [2.24, 2.45) is 0 Å². The highest BCUT2D eigenvalue weighted by molar-refractivity contribution is 4.64. The second-order valence-electron chi connectivity index (χ2n) is 2.47. The number of nitrogens with zero attached hydrogens (tertiary/aromatic N) is 2. The maximum absolute atomic E-state index is 4.96. The van der Waals surface area contributed by atoms with E-state index >= 15 is 0 Å². The number of rotatable bonds is 4. The molecule has 0 atom stereocenters. The van der Waals surface area contributed by atoms with Crippen molar-refractivity contribution in [1.82, 2.24) is 4.57 Å². The fourth-order valence-corrected chi connectivity index (χ4v) is 0.955. The lowest BCUT2D eigenvalue weighted by atomic mass is 10.7. The van der Waals surface area contributed by atoms with Crippen LogP contribution in [0.4, 0.5) is 0 Å². The van der Waals surface area contributed by atoms with Crippen molar-refractivity contribution < 1.29 is 21.7 Å². The number of methoxy groups -OCH3 is 1. The van der Waals surface area contributed by atoms with Crippen LogP contribution in [-0.2, 0) is 17.8 Å². The summed E-state index contributed by atoms with van der Waals surface area (Å²) in [5, 5.41) is 0. The zero-order valence-electron chi connectivity index (χ0n) is 7.53. The first-order valence-corrected chi connectivity index (χ1v) is 3.90. The standard InChI is InChI=1S/C8H15N2O.ClH/c1-3-9-4-5-10(8-9)6-7-11-2;/h4-5,8H,3,6-7H2,1-2H3;1H/q+1;/p-1. The molecule has 4 heteroatoms. The monoisotopic (exact) mass is 190 g/mol. The van der Waals surface area contributed by atoms with Gasteiger partial charge in [-0.3, -0.25) is 0 Å². The van der Waals surface area contributed by atoms with Gasteiger partial charge in [-0.2, -0.15) is 0 Å². The van der Waals surface area contributed by atoms with Gasteiger partial charge in [-0.15, -0.1) is 0 Å². The van der Waals surface area contributed by atoms with Gasteiger partial charge in [0.05, 0.1) is 13.2 Å². The lowest BCUT2D eigenvalue weighted by Crippen LogP contribution is -3.00. The zero-order valence-corrected chi connectivity index (χ0v) is 8.29. The van der Waals surface area contributed by atoms with E-state index in [4.69, 9.17) is 4.74 Å². The molecular formula is C8H15ClN2O. The number of hydrogen-bond donors (Lipinski definition) is 0. The first-order chi connectivity index (χ1) is 5.36. The number of halogens is 1. The Labute approximate surface area is 79.4 Å². The lowest BCUT2D eigenvalue weighted by molar-refractivity contribution is -0.697. The Morgan fingerprint density at radius 2 is 2.25 bits per heavy atom. The van der Waals surface area contributed by atoms with Crippen molar-refractivity contribution in [2.75, 3.05) is 13.7 Å². The van der Waals surface area contributed by atoms with Crippen LogP contribution in [0.2, 0.25) is 0 Å². The van der Waals surface area contributed by atoms with E-state index < -0.39 is 0 Å². The summed E-state index contributed by atoms with van der Waals surface area (Å²) in [5.41, 5.74) is 0. The summed E-state index contributed by atoms with van der Waals surface area (Å²) in [7, 11) is 1.72. The van der Waals surface area contributed by atoms with E-state index in [0.29, 0.717) is 0 Å². The van der Waals surface area contributed by atoms with Crippen LogP contribution in [0, 0.1) is 0 Å². The number of aryl methyl sites for hydroxylation is 1. The Kier molecular flexibility index (Phi) is 5.76. The molecule has 0 aliphatic heterocycles. The molecular weight excluding hydrogens is 176 g/mol. The van der Waals surface area contributed by atoms with Crippen LogP contribution < -0.4 is 17.0 Å². The van der Waals surface area contributed by atoms with E-state index in [1.165, 1.54) is 0 Å². The van der Waals surface area contributed by atoms with Crippen molar-refractivity contribution in [3.05, 3.63) is 18.7 Å². The molecule has 3 nitrogen and oxygen atoms in total. The van der Waals surface area contributed by atoms with E-state index in [1.54, 1.807) is 7.11 Å². The third-order valence-electron chi connectivity index (χ3n) is 1.67. The molecule has 1 aromatic heterocycles. The number of imidazole rings is 1. The van der Waals surface area contributed by atoms with E-state index in [1.807, 2.05) is 0 Å². The van der Waals surface area contributed by atoms with E-state index in [-0.39, 0.29) is 12.4 Å². The van der Waals surface area contributed by atoms with Crippen molar-refractivity contribution in [1.29, 1.82) is 0 Å². The molecule has 0 aromatic carbocycles. The maximum atomic E-state index is 4.96. The molecule has 0 aliphatic carbocycles. The van der Waals surface area contributed by atoms with Gasteiger partial charge in [0.25, 0.3) is 0 Å². The highest BCUT2D eigenvalue weighted by Crippen LogP contribution is 1.82. The summed E-state index contributed by atoms with van der Waals surface area (Å²) in [6, 6.07) is 0. The summed E-state index contributed by atoms with van der Waals surface area (Å²) in [6.07, 6.45) is 6.21. The minimum atomic E-state index is 0. The molecule has 0 N–H and O–H groups in total. The molecule has 0 fully saturated rings. The van der Waals surface area contributed by atoms with Gasteiger partial charge in [0.1, 0.15) is 18.9 Å². The largest absolute Gasteiger partial charge is 1.00 e. The highest BCUT2D eigenvalue weighted by atomic mass is 35.5. The van der Waals surface area contributed by atoms with Crippen LogP contribution in [0.1, 0.15) is 6.92 Å². The van der Waals surface area contributed by atoms with Crippen LogP contribution in [0.5, 0.6) is 0 Å². The van der Waals surface area contributed by atoms with Crippen molar-refractivity contribution >= 4 is 0 Å². The molecule has 1 rings (SSSR count). The van der Waals surface area contributed by atoms with Crippen molar-refractivity contribution in [2.45, 2.75) is 20.0 Å². The Morgan fingerprint density at radius 1 is 1.50 bits per heavy atom. The summed E-state index contributed by atoms with van der Waals surface area (Å²) >= 11 is 0. The summed E-state index contributed by atoms with van der Waals surface area (Å²) in [5.74, 6) is 0. The second-order valence-corrected chi connectivity index (χ2v) is 2.47. The van der Waals surface area contributed by atoms with E-state index in [9.17, 15) is 0 Å². The maximum Gasteiger partial charge on any atom is 0.243 e. The molecule has 1 aromatic rings. The predicted octanol–water partition coefficient (Wildman–Crippen LogP) is -2.55. The Balaban J connectivity index is 0.00000121. The normalized spacial score (nSPS) is 9.50. The summed E-state index contributed by atoms with van der Waals surface area (Å²) in [6.45, 7) is 4.86. The molecule has 0 saturated heterocycles. The molecule has 12 heavy (non-hydrogen) atoms. The molecule has 0 amide bonds. The first-order valence-electron chi connectivity index (χ1n) is 3.90. The predicted molar refractivity (Wildman–Crippen MR) is 42.2 cm³/mol. The van der Waals surface area contributed by atoms with Gasteiger partial charge in [0.15, 0.2) is 0 Å². The topological polar surface area (TPSA) is 18.0 Å². The van der Waals surface area contributed by atoms with Gasteiger partial charge in [-0.25, -0.2) is 9.13 Å². The molecule has 0 spiro atoms. The Bertz CT molecular complexity index is 213. The van der Waals surface area contributed by atoms with Crippen LogP contribution >= 0.6 is 0 Å². The fourth-order valence-electron chi connectivity index (χ4n) is 0.955. The zero-order chi connectivity index (χ0) is 8.10. The van der Waals surface area contributed by atoms with Crippen LogP contribution in [0.25, 0.3) is 0 Å². The number of aromatic nitrogens is 2. The Hall–Kier alpha value is -0.540. The van der Waals surface area contributed by atoms with Gasteiger partial charge in [-0.1, -0.05) is 0 Å². The average molecular weight is 191 g/mol. The average Bonchev–Trinajstić information content (AvgIpc) is 2.48. The van der Waals surface area contributed by atoms with Gasteiger partial charge in [0.2, 0.25) is 6.33 Å². The fraction of sp³-hybridized carbons (Fsp3) is 0.625. The van der Waals surface area contributed by atoms with Gasteiger partial charge >= 0.3 is 0 Å². The van der Waals surface area contributed by atoms with Gasteiger partial charge < -0.3 is 17.1 Å². The van der Waals surface area contributed by atoms with E-state index in [0.717, 1.165) is 19.7 Å². The third-order valence-corrected chi connectivity index (χ3v) is 1.67. The number of hydrogen-bond acceptors (Lipinski definition) is 1. The lowest BCUT2D eigenvalue weighted by Gasteiger charge is -1.92. The third kappa shape index (κ3) is 3.24. The van der Waals surface area contributed by atoms with Crippen LogP contribution in [0.3, 0.4) is 0 Å². The van der Waals surface area contributed by atoms with Crippen LogP contribution in [0.15, 0.2) is 18.7 Å². The molecule has 0 unspecified atom stereocenters. The highest BCUT2D eigenvalue weighted by Gasteiger charge is 1.99. The molecule has 0 radical (unpaired) electrons. The summed E-state index contributed by atoms with van der Waals surface area (Å²) < 4.78 is 9.21.